The quantitative estimate of drug-likeness (QED) is 0.790. The Morgan fingerprint density at radius 2 is 1.80 bits per heavy atom. The van der Waals surface area contributed by atoms with Crippen molar-refractivity contribution in [2.75, 3.05) is 0 Å². The van der Waals surface area contributed by atoms with Gasteiger partial charge in [-0.25, -0.2) is 4.98 Å². The van der Waals surface area contributed by atoms with Gasteiger partial charge in [-0.15, -0.1) is 0 Å². The molecule has 1 aromatic heterocycles. The van der Waals surface area contributed by atoms with E-state index in [0.717, 1.165) is 11.1 Å². The monoisotopic (exact) mass is 266 g/mol. The Morgan fingerprint density at radius 3 is 2.60 bits per heavy atom. The normalized spacial score (nSPS) is 10.6. The molecule has 20 heavy (non-hydrogen) atoms. The summed E-state index contributed by atoms with van der Waals surface area (Å²) >= 11 is 0. The van der Waals surface area contributed by atoms with Crippen molar-refractivity contribution < 1.29 is 9.21 Å². The molecule has 0 spiro atoms. The van der Waals surface area contributed by atoms with Gasteiger partial charge in [-0.2, -0.15) is 0 Å². The molecule has 0 aliphatic heterocycles. The lowest BCUT2D eigenvalue weighted by Crippen LogP contribution is -2.24. The van der Waals surface area contributed by atoms with E-state index in [1.165, 1.54) is 0 Å². The molecule has 0 saturated carbocycles. The molecule has 0 bridgehead atoms. The molecule has 2 aromatic carbocycles. The first kappa shape index (κ1) is 12.4. The van der Waals surface area contributed by atoms with Crippen molar-refractivity contribution in [1.82, 2.24) is 10.3 Å². The third-order valence-electron chi connectivity index (χ3n) is 2.98. The van der Waals surface area contributed by atoms with Gasteiger partial charge in [0.2, 0.25) is 11.8 Å². The second kappa shape index (κ2) is 5.57. The lowest BCUT2D eigenvalue weighted by Gasteiger charge is -2.03. The largest absolute Gasteiger partial charge is 0.440 e. The summed E-state index contributed by atoms with van der Waals surface area (Å²) in [4.78, 5) is 16.1. The van der Waals surface area contributed by atoms with Crippen molar-refractivity contribution in [3.05, 3.63) is 66.1 Å². The maximum Gasteiger partial charge on any atom is 0.229 e. The number of rotatable bonds is 4. The van der Waals surface area contributed by atoms with Crippen LogP contribution >= 0.6 is 0 Å². The number of amides is 1. The number of aromatic nitrogens is 1. The van der Waals surface area contributed by atoms with E-state index < -0.39 is 0 Å². The number of hydrogen-bond donors (Lipinski definition) is 1. The van der Waals surface area contributed by atoms with Crippen molar-refractivity contribution in [2.45, 2.75) is 13.0 Å². The Bertz CT molecular complexity index is 686. The van der Waals surface area contributed by atoms with Gasteiger partial charge in [-0.05, 0) is 17.7 Å². The van der Waals surface area contributed by atoms with Gasteiger partial charge in [0.05, 0.1) is 0 Å². The summed E-state index contributed by atoms with van der Waals surface area (Å²) in [5.41, 5.74) is 2.55. The molecule has 0 aliphatic carbocycles. The highest BCUT2D eigenvalue weighted by atomic mass is 16.3. The predicted octanol–water partition coefficient (Wildman–Crippen LogP) is 2.69. The molecule has 0 atom stereocenters. The van der Waals surface area contributed by atoms with E-state index in [1.54, 1.807) is 0 Å². The molecule has 0 unspecified atom stereocenters. The van der Waals surface area contributed by atoms with Crippen LogP contribution in [0.5, 0.6) is 0 Å². The van der Waals surface area contributed by atoms with Crippen molar-refractivity contribution in [3.8, 4) is 0 Å². The van der Waals surface area contributed by atoms with Gasteiger partial charge in [-0.1, -0.05) is 42.5 Å². The van der Waals surface area contributed by atoms with Crippen LogP contribution in [0.15, 0.2) is 59.0 Å². The summed E-state index contributed by atoms with van der Waals surface area (Å²) in [6.45, 7) is 0.514. The second-order valence-corrected chi connectivity index (χ2v) is 4.51. The van der Waals surface area contributed by atoms with Crippen molar-refractivity contribution in [2.24, 2.45) is 0 Å². The van der Waals surface area contributed by atoms with E-state index in [2.05, 4.69) is 10.3 Å². The summed E-state index contributed by atoms with van der Waals surface area (Å²) in [7, 11) is 0. The van der Waals surface area contributed by atoms with E-state index in [0.29, 0.717) is 18.0 Å². The average molecular weight is 266 g/mol. The summed E-state index contributed by atoms with van der Waals surface area (Å²) in [6.07, 6.45) is 0.154. The van der Waals surface area contributed by atoms with Crippen LogP contribution in [-0.4, -0.2) is 10.9 Å². The topological polar surface area (TPSA) is 55.1 Å². The maximum absolute atomic E-state index is 11.9. The van der Waals surface area contributed by atoms with Crippen LogP contribution < -0.4 is 5.32 Å². The maximum atomic E-state index is 11.9. The Labute approximate surface area is 116 Å². The molecule has 0 fully saturated rings. The minimum Gasteiger partial charge on any atom is -0.440 e. The SMILES string of the molecule is O=C(Cc1nc2ccccc2o1)NCc1ccccc1. The lowest BCUT2D eigenvalue weighted by molar-refractivity contribution is -0.120. The van der Waals surface area contributed by atoms with Crippen molar-refractivity contribution in [3.63, 3.8) is 0 Å². The van der Waals surface area contributed by atoms with Crippen LogP contribution in [0.3, 0.4) is 0 Å². The highest BCUT2D eigenvalue weighted by molar-refractivity contribution is 5.79. The number of nitrogens with zero attached hydrogens (tertiary/aromatic N) is 1. The van der Waals surface area contributed by atoms with Crippen LogP contribution in [0.2, 0.25) is 0 Å². The van der Waals surface area contributed by atoms with Gasteiger partial charge in [0.15, 0.2) is 5.58 Å². The van der Waals surface area contributed by atoms with Gasteiger partial charge >= 0.3 is 0 Å². The zero-order chi connectivity index (χ0) is 13.8. The van der Waals surface area contributed by atoms with Crippen LogP contribution in [0, 0.1) is 0 Å². The number of fused-ring (bicyclic) bond motifs is 1. The average Bonchev–Trinajstić information content (AvgIpc) is 2.88. The predicted molar refractivity (Wildman–Crippen MR) is 76.0 cm³/mol. The number of carbonyl (C=O) groups is 1. The number of para-hydroxylation sites is 2. The fraction of sp³-hybridized carbons (Fsp3) is 0.125. The molecule has 1 N–H and O–H groups in total. The molecule has 3 aromatic rings. The highest BCUT2D eigenvalue weighted by Crippen LogP contribution is 2.14. The first-order valence-electron chi connectivity index (χ1n) is 6.46. The summed E-state index contributed by atoms with van der Waals surface area (Å²) in [5, 5.41) is 2.85. The van der Waals surface area contributed by atoms with E-state index >= 15 is 0 Å². The van der Waals surface area contributed by atoms with E-state index in [9.17, 15) is 4.79 Å². The molecule has 3 rings (SSSR count). The number of nitrogens with one attached hydrogen (secondary N) is 1. The van der Waals surface area contributed by atoms with Crippen LogP contribution in [0.25, 0.3) is 11.1 Å². The summed E-state index contributed by atoms with van der Waals surface area (Å²) < 4.78 is 5.52. The van der Waals surface area contributed by atoms with Crippen LogP contribution in [-0.2, 0) is 17.8 Å². The summed E-state index contributed by atoms with van der Waals surface area (Å²) in [6, 6.07) is 17.3. The number of benzene rings is 2. The molecule has 0 saturated heterocycles. The Kier molecular flexibility index (Phi) is 3.46. The molecule has 1 amide bonds. The smallest absolute Gasteiger partial charge is 0.229 e. The van der Waals surface area contributed by atoms with E-state index in [1.807, 2.05) is 54.6 Å². The minimum absolute atomic E-state index is 0.0968. The fourth-order valence-corrected chi connectivity index (χ4v) is 1.99. The molecule has 4 heteroatoms. The number of carbonyl (C=O) groups excluding carboxylic acids is 1. The van der Waals surface area contributed by atoms with Gasteiger partial charge < -0.3 is 9.73 Å². The van der Waals surface area contributed by atoms with Crippen molar-refractivity contribution in [1.29, 1.82) is 0 Å². The highest BCUT2D eigenvalue weighted by Gasteiger charge is 2.09. The van der Waals surface area contributed by atoms with Crippen LogP contribution in [0.1, 0.15) is 11.5 Å². The van der Waals surface area contributed by atoms with Gasteiger partial charge in [-0.3, -0.25) is 4.79 Å². The number of oxazole rings is 1. The fourth-order valence-electron chi connectivity index (χ4n) is 1.99. The first-order valence-corrected chi connectivity index (χ1v) is 6.46. The van der Waals surface area contributed by atoms with Gasteiger partial charge in [0.25, 0.3) is 0 Å². The van der Waals surface area contributed by atoms with E-state index in [4.69, 9.17) is 4.42 Å². The molecule has 0 radical (unpaired) electrons. The molecule has 100 valence electrons. The Morgan fingerprint density at radius 1 is 1.05 bits per heavy atom. The molecular formula is C16H14N2O2. The third kappa shape index (κ3) is 2.85. The van der Waals surface area contributed by atoms with E-state index in [-0.39, 0.29) is 12.3 Å². The molecule has 1 heterocycles. The van der Waals surface area contributed by atoms with Gasteiger partial charge in [0.1, 0.15) is 11.9 Å². The van der Waals surface area contributed by atoms with Crippen molar-refractivity contribution >= 4 is 17.0 Å². The standard InChI is InChI=1S/C16H14N2O2/c19-15(17-11-12-6-2-1-3-7-12)10-16-18-13-8-4-5-9-14(13)20-16/h1-9H,10-11H2,(H,17,19). The van der Waals surface area contributed by atoms with Gasteiger partial charge in [0, 0.05) is 6.54 Å². The molecule has 4 nitrogen and oxygen atoms in total. The van der Waals surface area contributed by atoms with Crippen LogP contribution in [0.4, 0.5) is 0 Å². The third-order valence-corrected chi connectivity index (χ3v) is 2.98. The minimum atomic E-state index is -0.0968. The number of hydrogen-bond acceptors (Lipinski definition) is 3. The Balaban J connectivity index is 1.61. The second-order valence-electron chi connectivity index (χ2n) is 4.51. The Hall–Kier alpha value is -2.62. The molecular weight excluding hydrogens is 252 g/mol. The first-order chi connectivity index (χ1) is 9.81. The summed E-state index contributed by atoms with van der Waals surface area (Å²) in [5.74, 6) is 0.345. The lowest BCUT2D eigenvalue weighted by atomic mass is 10.2. The zero-order valence-corrected chi connectivity index (χ0v) is 10.9. The molecule has 0 aliphatic rings. The zero-order valence-electron chi connectivity index (χ0n) is 10.9.